The van der Waals surface area contributed by atoms with Crippen LogP contribution in [-0.4, -0.2) is 0 Å². The lowest BCUT2D eigenvalue weighted by Crippen LogP contribution is -2.18. The average molecular weight is 359 g/mol. The van der Waals surface area contributed by atoms with Gasteiger partial charge in [0.15, 0.2) is 0 Å². The van der Waals surface area contributed by atoms with Crippen molar-refractivity contribution >= 4 is 39.1 Å². The summed E-state index contributed by atoms with van der Waals surface area (Å²) in [4.78, 5) is 0. The standard InChI is InChI=1S/C15H14BrCl2N/c1-10(11-3-2-4-13(17)7-11)19-9-12-5-6-14(18)8-15(12)16/h2-8,10,19H,9H2,1H3/t10-/m1/s1. The summed E-state index contributed by atoms with van der Waals surface area (Å²) in [5, 5.41) is 4.97. The third-order valence-electron chi connectivity index (χ3n) is 2.96. The van der Waals surface area contributed by atoms with Crippen molar-refractivity contribution in [3.8, 4) is 0 Å². The molecule has 0 fully saturated rings. The van der Waals surface area contributed by atoms with Crippen LogP contribution in [0.15, 0.2) is 46.9 Å². The Morgan fingerprint density at radius 2 is 1.84 bits per heavy atom. The van der Waals surface area contributed by atoms with Gasteiger partial charge in [-0.15, -0.1) is 0 Å². The Kier molecular flexibility index (Phi) is 5.28. The van der Waals surface area contributed by atoms with Gasteiger partial charge in [-0.2, -0.15) is 0 Å². The van der Waals surface area contributed by atoms with Gasteiger partial charge >= 0.3 is 0 Å². The molecule has 0 saturated heterocycles. The van der Waals surface area contributed by atoms with Gasteiger partial charge in [-0.1, -0.05) is 57.3 Å². The summed E-state index contributed by atoms with van der Waals surface area (Å²) in [6, 6.07) is 14.0. The summed E-state index contributed by atoms with van der Waals surface area (Å²) < 4.78 is 1.02. The summed E-state index contributed by atoms with van der Waals surface area (Å²) in [6.45, 7) is 2.89. The number of nitrogens with one attached hydrogen (secondary N) is 1. The zero-order chi connectivity index (χ0) is 13.8. The lowest BCUT2D eigenvalue weighted by molar-refractivity contribution is 0.574. The monoisotopic (exact) mass is 357 g/mol. The Hall–Kier alpha value is -0.540. The minimum atomic E-state index is 0.237. The molecule has 0 aliphatic carbocycles. The number of hydrogen-bond acceptors (Lipinski definition) is 1. The lowest BCUT2D eigenvalue weighted by atomic mass is 10.1. The Bertz CT molecular complexity index is 572. The van der Waals surface area contributed by atoms with Gasteiger partial charge < -0.3 is 5.32 Å². The number of halogens is 3. The molecule has 0 unspecified atom stereocenters. The maximum atomic E-state index is 6.00. The highest BCUT2D eigenvalue weighted by atomic mass is 79.9. The second-order valence-corrected chi connectivity index (χ2v) is 6.12. The molecule has 0 aromatic heterocycles. The van der Waals surface area contributed by atoms with Gasteiger partial charge in [-0.05, 0) is 42.3 Å². The molecule has 1 atom stereocenters. The first-order valence-electron chi connectivity index (χ1n) is 5.99. The van der Waals surface area contributed by atoms with Gasteiger partial charge in [-0.3, -0.25) is 0 Å². The number of hydrogen-bond donors (Lipinski definition) is 1. The molecule has 0 spiro atoms. The van der Waals surface area contributed by atoms with E-state index in [2.05, 4.69) is 34.2 Å². The number of rotatable bonds is 4. The molecule has 0 saturated carbocycles. The molecule has 1 nitrogen and oxygen atoms in total. The van der Waals surface area contributed by atoms with Crippen molar-refractivity contribution in [2.75, 3.05) is 0 Å². The molecule has 0 heterocycles. The summed E-state index contributed by atoms with van der Waals surface area (Å²) in [6.07, 6.45) is 0. The van der Waals surface area contributed by atoms with Crippen LogP contribution in [0.2, 0.25) is 10.0 Å². The first-order chi connectivity index (χ1) is 9.06. The fraction of sp³-hybridized carbons (Fsp3) is 0.200. The molecule has 0 bridgehead atoms. The van der Waals surface area contributed by atoms with Crippen molar-refractivity contribution in [2.24, 2.45) is 0 Å². The van der Waals surface area contributed by atoms with E-state index in [-0.39, 0.29) is 6.04 Å². The van der Waals surface area contributed by atoms with Crippen molar-refractivity contribution in [1.29, 1.82) is 0 Å². The SMILES string of the molecule is C[C@@H](NCc1ccc(Cl)cc1Br)c1cccc(Cl)c1. The van der Waals surface area contributed by atoms with Crippen LogP contribution in [-0.2, 0) is 6.54 Å². The normalized spacial score (nSPS) is 12.4. The first kappa shape index (κ1) is 14.9. The van der Waals surface area contributed by atoms with Crippen LogP contribution in [0.3, 0.4) is 0 Å². The summed E-state index contributed by atoms with van der Waals surface area (Å²) in [7, 11) is 0. The van der Waals surface area contributed by atoms with Crippen LogP contribution in [0, 0.1) is 0 Å². The minimum absolute atomic E-state index is 0.237. The topological polar surface area (TPSA) is 12.0 Å². The van der Waals surface area contributed by atoms with E-state index in [1.54, 1.807) is 0 Å². The lowest BCUT2D eigenvalue weighted by Gasteiger charge is -2.15. The molecule has 1 N–H and O–H groups in total. The molecule has 0 aliphatic heterocycles. The van der Waals surface area contributed by atoms with Gasteiger partial charge in [0, 0.05) is 27.1 Å². The van der Waals surface area contributed by atoms with E-state index in [0.29, 0.717) is 0 Å². The summed E-state index contributed by atoms with van der Waals surface area (Å²) in [5.74, 6) is 0. The van der Waals surface area contributed by atoms with Gasteiger partial charge in [0.2, 0.25) is 0 Å². The van der Waals surface area contributed by atoms with Crippen LogP contribution < -0.4 is 5.32 Å². The molecular formula is C15H14BrCl2N. The van der Waals surface area contributed by atoms with Crippen molar-refractivity contribution in [3.63, 3.8) is 0 Å². The average Bonchev–Trinajstić information content (AvgIpc) is 2.37. The fourth-order valence-corrected chi connectivity index (χ4v) is 2.84. The zero-order valence-electron chi connectivity index (χ0n) is 10.5. The second kappa shape index (κ2) is 6.76. The fourth-order valence-electron chi connectivity index (χ4n) is 1.82. The van der Waals surface area contributed by atoms with E-state index < -0.39 is 0 Å². The highest BCUT2D eigenvalue weighted by Crippen LogP contribution is 2.23. The van der Waals surface area contributed by atoms with E-state index in [0.717, 1.165) is 21.1 Å². The van der Waals surface area contributed by atoms with Crippen LogP contribution >= 0.6 is 39.1 Å². The predicted octanol–water partition coefficient (Wildman–Crippen LogP) is 5.61. The van der Waals surface area contributed by atoms with E-state index in [9.17, 15) is 0 Å². The second-order valence-electron chi connectivity index (χ2n) is 4.39. The van der Waals surface area contributed by atoms with Gasteiger partial charge in [0.25, 0.3) is 0 Å². The summed E-state index contributed by atoms with van der Waals surface area (Å²) >= 11 is 15.4. The minimum Gasteiger partial charge on any atom is -0.306 e. The molecular weight excluding hydrogens is 345 g/mol. The molecule has 0 radical (unpaired) electrons. The van der Waals surface area contributed by atoms with Crippen LogP contribution in [0.4, 0.5) is 0 Å². The third kappa shape index (κ3) is 4.22. The van der Waals surface area contributed by atoms with Crippen molar-refractivity contribution in [2.45, 2.75) is 19.5 Å². The van der Waals surface area contributed by atoms with Crippen LogP contribution in [0.5, 0.6) is 0 Å². The molecule has 19 heavy (non-hydrogen) atoms. The quantitative estimate of drug-likeness (QED) is 0.749. The van der Waals surface area contributed by atoms with Gasteiger partial charge in [-0.25, -0.2) is 0 Å². The Labute approximate surface area is 132 Å². The van der Waals surface area contributed by atoms with Crippen molar-refractivity contribution < 1.29 is 0 Å². The third-order valence-corrected chi connectivity index (χ3v) is 4.17. The molecule has 0 amide bonds. The van der Waals surface area contributed by atoms with E-state index in [1.165, 1.54) is 11.1 Å². The highest BCUT2D eigenvalue weighted by Gasteiger charge is 2.07. The predicted molar refractivity (Wildman–Crippen MR) is 85.9 cm³/mol. The Balaban J connectivity index is 2.02. The Morgan fingerprint density at radius 3 is 2.53 bits per heavy atom. The number of benzene rings is 2. The molecule has 2 aromatic carbocycles. The van der Waals surface area contributed by atoms with Crippen LogP contribution in [0.25, 0.3) is 0 Å². The van der Waals surface area contributed by atoms with Crippen molar-refractivity contribution in [1.82, 2.24) is 5.32 Å². The zero-order valence-corrected chi connectivity index (χ0v) is 13.6. The van der Waals surface area contributed by atoms with E-state index in [1.807, 2.05) is 36.4 Å². The molecule has 100 valence electrons. The molecule has 2 rings (SSSR count). The van der Waals surface area contributed by atoms with Crippen LogP contribution in [0.1, 0.15) is 24.1 Å². The van der Waals surface area contributed by atoms with E-state index in [4.69, 9.17) is 23.2 Å². The van der Waals surface area contributed by atoms with E-state index >= 15 is 0 Å². The van der Waals surface area contributed by atoms with Gasteiger partial charge in [0.05, 0.1) is 0 Å². The molecule has 0 aliphatic rings. The van der Waals surface area contributed by atoms with Crippen molar-refractivity contribution in [3.05, 3.63) is 68.1 Å². The highest BCUT2D eigenvalue weighted by molar-refractivity contribution is 9.10. The molecule has 4 heteroatoms. The smallest absolute Gasteiger partial charge is 0.0417 e. The molecule has 2 aromatic rings. The maximum absolute atomic E-state index is 6.00. The first-order valence-corrected chi connectivity index (χ1v) is 7.54. The largest absolute Gasteiger partial charge is 0.306 e. The Morgan fingerprint density at radius 1 is 1.11 bits per heavy atom. The summed E-state index contributed by atoms with van der Waals surface area (Å²) in [5.41, 5.74) is 2.36. The van der Waals surface area contributed by atoms with Gasteiger partial charge in [0.1, 0.15) is 0 Å². The maximum Gasteiger partial charge on any atom is 0.0417 e.